The summed E-state index contributed by atoms with van der Waals surface area (Å²) in [4.78, 5) is 0. The average Bonchev–Trinajstić information content (AvgIpc) is 2.83. The lowest BCUT2D eigenvalue weighted by atomic mass is 9.50. The summed E-state index contributed by atoms with van der Waals surface area (Å²) in [5.41, 5.74) is 1.70. The van der Waals surface area contributed by atoms with E-state index in [1.807, 2.05) is 0 Å². The second-order valence-corrected chi connectivity index (χ2v) is 8.17. The number of allylic oxidation sites excluding steroid dienone is 2. The standard InChI is InChI=1S/C20H28/c1-3-15-9-11-19-18-10-8-14-6-4-5-7-16(14)17(18)12-13-20(15,19)2/h1,9,14,16-19H,4-8,10-13H2,2H3. The Bertz CT molecular complexity index is 465. The van der Waals surface area contributed by atoms with Crippen LogP contribution >= 0.6 is 0 Å². The minimum absolute atomic E-state index is 0.359. The lowest BCUT2D eigenvalue weighted by molar-refractivity contribution is -0.0417. The quantitative estimate of drug-likeness (QED) is 0.530. The van der Waals surface area contributed by atoms with Gasteiger partial charge in [-0.3, -0.25) is 0 Å². The first-order chi connectivity index (χ1) is 9.74. The molecule has 0 saturated heterocycles. The molecule has 3 saturated carbocycles. The number of rotatable bonds is 0. The Kier molecular flexibility index (Phi) is 3.03. The highest BCUT2D eigenvalue weighted by Crippen LogP contribution is 2.62. The minimum atomic E-state index is 0.359. The highest BCUT2D eigenvalue weighted by Gasteiger charge is 2.53. The second-order valence-electron chi connectivity index (χ2n) is 8.17. The van der Waals surface area contributed by atoms with Crippen molar-refractivity contribution in [3.8, 4) is 12.3 Å². The fraction of sp³-hybridized carbons (Fsp3) is 0.800. The molecule has 4 aliphatic carbocycles. The Balaban J connectivity index is 1.60. The van der Waals surface area contributed by atoms with Gasteiger partial charge in [-0.15, -0.1) is 6.42 Å². The fourth-order valence-electron chi connectivity index (χ4n) is 6.62. The number of fused-ring (bicyclic) bond motifs is 5. The van der Waals surface area contributed by atoms with Crippen molar-refractivity contribution in [1.82, 2.24) is 0 Å². The average molecular weight is 268 g/mol. The number of hydrogen-bond acceptors (Lipinski definition) is 0. The lowest BCUT2D eigenvalue weighted by Crippen LogP contribution is -2.47. The van der Waals surface area contributed by atoms with Crippen molar-refractivity contribution in [2.75, 3.05) is 0 Å². The van der Waals surface area contributed by atoms with Gasteiger partial charge in [-0.1, -0.05) is 38.2 Å². The molecule has 108 valence electrons. The monoisotopic (exact) mass is 268 g/mol. The molecule has 6 unspecified atom stereocenters. The van der Waals surface area contributed by atoms with Gasteiger partial charge in [-0.2, -0.15) is 0 Å². The molecule has 0 aromatic rings. The molecule has 0 heterocycles. The molecule has 0 aliphatic heterocycles. The first kappa shape index (κ1) is 13.0. The molecule has 20 heavy (non-hydrogen) atoms. The van der Waals surface area contributed by atoms with Crippen LogP contribution in [-0.2, 0) is 0 Å². The van der Waals surface area contributed by atoms with Gasteiger partial charge >= 0.3 is 0 Å². The van der Waals surface area contributed by atoms with Crippen LogP contribution in [0.15, 0.2) is 11.6 Å². The van der Waals surface area contributed by atoms with Gasteiger partial charge < -0.3 is 0 Å². The number of terminal acetylenes is 1. The van der Waals surface area contributed by atoms with Gasteiger partial charge in [0.2, 0.25) is 0 Å². The van der Waals surface area contributed by atoms with Crippen molar-refractivity contribution in [3.63, 3.8) is 0 Å². The first-order valence-electron chi connectivity index (χ1n) is 8.91. The molecule has 0 N–H and O–H groups in total. The van der Waals surface area contributed by atoms with Crippen LogP contribution in [-0.4, -0.2) is 0 Å². The van der Waals surface area contributed by atoms with Gasteiger partial charge in [0, 0.05) is 11.0 Å². The van der Waals surface area contributed by atoms with E-state index in [2.05, 4.69) is 18.9 Å². The SMILES string of the molecule is C#CC1=CCC2C3CCC4CCCCC4C3CCC12C. The van der Waals surface area contributed by atoms with Crippen LogP contribution in [0.4, 0.5) is 0 Å². The zero-order valence-electron chi connectivity index (χ0n) is 12.9. The highest BCUT2D eigenvalue weighted by atomic mass is 14.6. The van der Waals surface area contributed by atoms with Gasteiger partial charge in [0.1, 0.15) is 0 Å². The van der Waals surface area contributed by atoms with E-state index < -0.39 is 0 Å². The van der Waals surface area contributed by atoms with Gasteiger partial charge in [-0.05, 0) is 68.1 Å². The topological polar surface area (TPSA) is 0 Å². The van der Waals surface area contributed by atoms with E-state index in [0.717, 1.165) is 29.6 Å². The van der Waals surface area contributed by atoms with E-state index in [1.54, 1.807) is 0 Å². The normalized spacial score (nSPS) is 50.4. The second kappa shape index (κ2) is 4.66. The number of hydrogen-bond donors (Lipinski definition) is 0. The van der Waals surface area contributed by atoms with Gasteiger partial charge in [-0.25, -0.2) is 0 Å². The van der Waals surface area contributed by atoms with Crippen molar-refractivity contribution in [2.45, 2.75) is 64.7 Å². The zero-order valence-corrected chi connectivity index (χ0v) is 12.9. The summed E-state index contributed by atoms with van der Waals surface area (Å²) in [5, 5.41) is 0. The van der Waals surface area contributed by atoms with Gasteiger partial charge in [0.25, 0.3) is 0 Å². The van der Waals surface area contributed by atoms with Crippen LogP contribution in [0.3, 0.4) is 0 Å². The van der Waals surface area contributed by atoms with E-state index in [4.69, 9.17) is 6.42 Å². The summed E-state index contributed by atoms with van der Waals surface area (Å²) < 4.78 is 0. The van der Waals surface area contributed by atoms with Crippen LogP contribution in [0.5, 0.6) is 0 Å². The summed E-state index contributed by atoms with van der Waals surface area (Å²) in [7, 11) is 0. The van der Waals surface area contributed by atoms with Gasteiger partial charge in [0.05, 0.1) is 0 Å². The molecule has 0 amide bonds. The summed E-state index contributed by atoms with van der Waals surface area (Å²) in [5.74, 6) is 8.06. The maximum absolute atomic E-state index is 5.78. The van der Waals surface area contributed by atoms with Crippen molar-refractivity contribution in [2.24, 2.45) is 35.0 Å². The molecule has 0 bridgehead atoms. The van der Waals surface area contributed by atoms with E-state index in [-0.39, 0.29) is 0 Å². The smallest absolute Gasteiger partial charge is 0.00399 e. The zero-order chi connectivity index (χ0) is 13.7. The molecule has 0 spiro atoms. The summed E-state index contributed by atoms with van der Waals surface area (Å²) in [6.45, 7) is 2.47. The molecule has 3 fully saturated rings. The van der Waals surface area contributed by atoms with Crippen LogP contribution in [0.1, 0.15) is 64.7 Å². The molecule has 0 heteroatoms. The summed E-state index contributed by atoms with van der Waals surface area (Å²) in [6, 6.07) is 0. The Morgan fingerprint density at radius 3 is 2.75 bits per heavy atom. The summed E-state index contributed by atoms with van der Waals surface area (Å²) in [6.07, 6.45) is 21.4. The predicted octanol–water partition coefficient (Wildman–Crippen LogP) is 5.20. The molecule has 4 rings (SSSR count). The van der Waals surface area contributed by atoms with Crippen molar-refractivity contribution in [3.05, 3.63) is 11.6 Å². The summed E-state index contributed by atoms with van der Waals surface area (Å²) >= 11 is 0. The largest absolute Gasteiger partial charge is 0.115 e. The third-order valence-corrected chi connectivity index (χ3v) is 7.62. The highest BCUT2D eigenvalue weighted by molar-refractivity contribution is 5.38. The maximum Gasteiger partial charge on any atom is 0.00399 e. The van der Waals surface area contributed by atoms with Crippen LogP contribution in [0.2, 0.25) is 0 Å². The third-order valence-electron chi connectivity index (χ3n) is 7.62. The minimum Gasteiger partial charge on any atom is -0.115 e. The van der Waals surface area contributed by atoms with Crippen LogP contribution in [0, 0.1) is 47.3 Å². The Hall–Kier alpha value is -0.700. The predicted molar refractivity (Wildman–Crippen MR) is 84.0 cm³/mol. The van der Waals surface area contributed by atoms with Crippen molar-refractivity contribution in [1.29, 1.82) is 0 Å². The molecule has 6 atom stereocenters. The van der Waals surface area contributed by atoms with E-state index in [0.29, 0.717) is 5.41 Å². The van der Waals surface area contributed by atoms with E-state index in [9.17, 15) is 0 Å². The Labute approximate surface area is 124 Å². The first-order valence-corrected chi connectivity index (χ1v) is 8.91. The Morgan fingerprint density at radius 2 is 1.90 bits per heavy atom. The van der Waals surface area contributed by atoms with E-state index in [1.165, 1.54) is 63.4 Å². The fourth-order valence-corrected chi connectivity index (χ4v) is 6.62. The maximum atomic E-state index is 5.78. The Morgan fingerprint density at radius 1 is 1.05 bits per heavy atom. The van der Waals surface area contributed by atoms with E-state index >= 15 is 0 Å². The molecule has 0 aromatic carbocycles. The van der Waals surface area contributed by atoms with Gasteiger partial charge in [0.15, 0.2) is 0 Å². The van der Waals surface area contributed by atoms with Crippen molar-refractivity contribution >= 4 is 0 Å². The lowest BCUT2D eigenvalue weighted by Gasteiger charge is -2.55. The molecule has 0 radical (unpaired) electrons. The molecule has 0 nitrogen and oxygen atoms in total. The van der Waals surface area contributed by atoms with Crippen molar-refractivity contribution < 1.29 is 0 Å². The third kappa shape index (κ3) is 1.68. The van der Waals surface area contributed by atoms with Crippen LogP contribution in [0.25, 0.3) is 0 Å². The molecular formula is C20H28. The molecular weight excluding hydrogens is 240 g/mol. The van der Waals surface area contributed by atoms with Crippen LogP contribution < -0.4 is 0 Å². The molecule has 0 aromatic heterocycles. The molecule has 4 aliphatic rings.